The molecule has 3 heteroatoms. The fraction of sp³-hybridized carbons (Fsp3) is 0.333. The maximum absolute atomic E-state index is 5.63. The second-order valence-electron chi connectivity index (χ2n) is 4.83. The Morgan fingerprint density at radius 1 is 0.857 bits per heavy atom. The first-order valence-corrected chi connectivity index (χ1v) is 7.49. The Labute approximate surface area is 126 Å². The van der Waals surface area contributed by atoms with E-state index in [1.807, 2.05) is 42.5 Å². The first kappa shape index (κ1) is 15.4. The molecule has 0 spiro atoms. The fourth-order valence-corrected chi connectivity index (χ4v) is 1.96. The fourth-order valence-electron chi connectivity index (χ4n) is 1.96. The molecule has 1 N–H and O–H groups in total. The van der Waals surface area contributed by atoms with Crippen molar-refractivity contribution < 1.29 is 9.47 Å². The Balaban J connectivity index is 1.66. The van der Waals surface area contributed by atoms with Crippen molar-refractivity contribution >= 4 is 0 Å². The van der Waals surface area contributed by atoms with Crippen LogP contribution in [0.15, 0.2) is 54.6 Å². The molecule has 0 unspecified atom stereocenters. The quantitative estimate of drug-likeness (QED) is 0.713. The van der Waals surface area contributed by atoms with Crippen LogP contribution < -0.4 is 14.8 Å². The molecule has 3 nitrogen and oxygen atoms in total. The summed E-state index contributed by atoms with van der Waals surface area (Å²) in [6.07, 6.45) is 1.03. The van der Waals surface area contributed by atoms with Crippen LogP contribution in [0.25, 0.3) is 0 Å². The zero-order chi connectivity index (χ0) is 14.8. The van der Waals surface area contributed by atoms with Crippen LogP contribution in [0.4, 0.5) is 0 Å². The van der Waals surface area contributed by atoms with E-state index in [0.717, 1.165) is 37.6 Å². The van der Waals surface area contributed by atoms with E-state index in [1.54, 1.807) is 0 Å². The maximum atomic E-state index is 5.63. The van der Waals surface area contributed by atoms with Gasteiger partial charge < -0.3 is 14.8 Å². The normalized spacial score (nSPS) is 10.3. The van der Waals surface area contributed by atoms with E-state index in [1.165, 1.54) is 5.56 Å². The second kappa shape index (κ2) is 9.03. The molecule has 0 radical (unpaired) electrons. The Morgan fingerprint density at radius 3 is 2.43 bits per heavy atom. The smallest absolute Gasteiger partial charge is 0.119 e. The third-order valence-corrected chi connectivity index (χ3v) is 2.99. The lowest BCUT2D eigenvalue weighted by Gasteiger charge is -2.09. The Morgan fingerprint density at radius 2 is 1.62 bits per heavy atom. The van der Waals surface area contributed by atoms with Gasteiger partial charge in [-0.15, -0.1) is 0 Å². The van der Waals surface area contributed by atoms with Gasteiger partial charge in [0.1, 0.15) is 18.1 Å². The van der Waals surface area contributed by atoms with Gasteiger partial charge in [0, 0.05) is 13.1 Å². The molecule has 0 saturated heterocycles. The summed E-state index contributed by atoms with van der Waals surface area (Å²) in [5, 5.41) is 3.37. The van der Waals surface area contributed by atoms with Crippen molar-refractivity contribution in [3.8, 4) is 11.5 Å². The molecule has 112 valence electrons. The summed E-state index contributed by atoms with van der Waals surface area (Å²) in [4.78, 5) is 0. The van der Waals surface area contributed by atoms with Crippen molar-refractivity contribution in [2.45, 2.75) is 19.9 Å². The molecular formula is C18H23NO2. The summed E-state index contributed by atoms with van der Waals surface area (Å²) >= 11 is 0. The molecule has 0 atom stereocenters. The van der Waals surface area contributed by atoms with Gasteiger partial charge in [0.05, 0.1) is 6.61 Å². The summed E-state index contributed by atoms with van der Waals surface area (Å²) in [6.45, 7) is 5.17. The van der Waals surface area contributed by atoms with Gasteiger partial charge in [-0.05, 0) is 36.2 Å². The van der Waals surface area contributed by atoms with Gasteiger partial charge in [0.2, 0.25) is 0 Å². The first-order valence-electron chi connectivity index (χ1n) is 7.49. The first-order chi connectivity index (χ1) is 10.4. The second-order valence-corrected chi connectivity index (χ2v) is 4.83. The molecule has 0 aliphatic heterocycles. The Kier molecular flexibility index (Phi) is 6.62. The molecule has 2 aromatic carbocycles. The standard InChI is InChI=1S/C18H23NO2/c1-2-12-20-18-10-6-7-16(14-18)15-19-11-13-21-17-8-4-3-5-9-17/h3-10,14,19H,2,11-13,15H2,1H3. The van der Waals surface area contributed by atoms with Gasteiger partial charge >= 0.3 is 0 Å². The van der Waals surface area contributed by atoms with Crippen LogP contribution in [0.2, 0.25) is 0 Å². The largest absolute Gasteiger partial charge is 0.494 e. The molecule has 21 heavy (non-hydrogen) atoms. The number of para-hydroxylation sites is 1. The summed E-state index contributed by atoms with van der Waals surface area (Å²) in [5.74, 6) is 1.85. The molecular weight excluding hydrogens is 262 g/mol. The van der Waals surface area contributed by atoms with Crippen molar-refractivity contribution in [1.29, 1.82) is 0 Å². The predicted octanol–water partition coefficient (Wildman–Crippen LogP) is 3.64. The third kappa shape index (κ3) is 5.88. The van der Waals surface area contributed by atoms with Gasteiger partial charge in [0.15, 0.2) is 0 Å². The van der Waals surface area contributed by atoms with E-state index < -0.39 is 0 Å². The van der Waals surface area contributed by atoms with E-state index in [0.29, 0.717) is 6.61 Å². The molecule has 0 amide bonds. The summed E-state index contributed by atoms with van der Waals surface area (Å²) < 4.78 is 11.3. The molecule has 0 aromatic heterocycles. The molecule has 0 saturated carbocycles. The van der Waals surface area contributed by atoms with Crippen LogP contribution in [0, 0.1) is 0 Å². The number of benzene rings is 2. The summed E-state index contributed by atoms with van der Waals surface area (Å²) in [6, 6.07) is 18.1. The van der Waals surface area contributed by atoms with Crippen LogP contribution in [-0.4, -0.2) is 19.8 Å². The third-order valence-electron chi connectivity index (χ3n) is 2.99. The number of nitrogens with one attached hydrogen (secondary N) is 1. The predicted molar refractivity (Wildman–Crippen MR) is 85.9 cm³/mol. The molecule has 2 rings (SSSR count). The molecule has 0 aliphatic rings. The van der Waals surface area contributed by atoms with Gasteiger partial charge in [-0.3, -0.25) is 0 Å². The molecule has 0 heterocycles. The lowest BCUT2D eigenvalue weighted by Crippen LogP contribution is -2.20. The monoisotopic (exact) mass is 285 g/mol. The van der Waals surface area contributed by atoms with E-state index in [-0.39, 0.29) is 0 Å². The highest BCUT2D eigenvalue weighted by atomic mass is 16.5. The van der Waals surface area contributed by atoms with Crippen LogP contribution in [0.3, 0.4) is 0 Å². The average molecular weight is 285 g/mol. The van der Waals surface area contributed by atoms with Crippen molar-refractivity contribution in [2.75, 3.05) is 19.8 Å². The molecule has 0 fully saturated rings. The van der Waals surface area contributed by atoms with E-state index >= 15 is 0 Å². The number of rotatable bonds is 9. The van der Waals surface area contributed by atoms with Gasteiger partial charge in [-0.1, -0.05) is 37.3 Å². The van der Waals surface area contributed by atoms with Crippen LogP contribution >= 0.6 is 0 Å². The Hall–Kier alpha value is -2.00. The highest BCUT2D eigenvalue weighted by molar-refractivity contribution is 5.28. The zero-order valence-electron chi connectivity index (χ0n) is 12.5. The summed E-state index contributed by atoms with van der Waals surface area (Å²) in [7, 11) is 0. The van der Waals surface area contributed by atoms with Crippen molar-refractivity contribution in [3.63, 3.8) is 0 Å². The minimum atomic E-state index is 0.663. The molecule has 2 aromatic rings. The SMILES string of the molecule is CCCOc1cccc(CNCCOc2ccccc2)c1. The number of hydrogen-bond acceptors (Lipinski definition) is 3. The van der Waals surface area contributed by atoms with Crippen LogP contribution in [0.5, 0.6) is 11.5 Å². The minimum absolute atomic E-state index is 0.663. The lowest BCUT2D eigenvalue weighted by atomic mass is 10.2. The van der Waals surface area contributed by atoms with Gasteiger partial charge in [-0.25, -0.2) is 0 Å². The molecule has 0 bridgehead atoms. The van der Waals surface area contributed by atoms with Gasteiger partial charge in [0.25, 0.3) is 0 Å². The minimum Gasteiger partial charge on any atom is -0.494 e. The Bertz CT molecular complexity index is 514. The highest BCUT2D eigenvalue weighted by Crippen LogP contribution is 2.13. The van der Waals surface area contributed by atoms with Crippen molar-refractivity contribution in [2.24, 2.45) is 0 Å². The molecule has 0 aliphatic carbocycles. The number of ether oxygens (including phenoxy) is 2. The van der Waals surface area contributed by atoms with E-state index in [4.69, 9.17) is 9.47 Å². The average Bonchev–Trinajstić information content (AvgIpc) is 2.54. The van der Waals surface area contributed by atoms with E-state index in [9.17, 15) is 0 Å². The topological polar surface area (TPSA) is 30.5 Å². The lowest BCUT2D eigenvalue weighted by molar-refractivity contribution is 0.312. The van der Waals surface area contributed by atoms with E-state index in [2.05, 4.69) is 24.4 Å². The van der Waals surface area contributed by atoms with Crippen molar-refractivity contribution in [3.05, 3.63) is 60.2 Å². The number of hydrogen-bond donors (Lipinski definition) is 1. The maximum Gasteiger partial charge on any atom is 0.119 e. The van der Waals surface area contributed by atoms with Crippen LogP contribution in [0.1, 0.15) is 18.9 Å². The van der Waals surface area contributed by atoms with Crippen LogP contribution in [-0.2, 0) is 6.54 Å². The van der Waals surface area contributed by atoms with Crippen molar-refractivity contribution in [1.82, 2.24) is 5.32 Å². The zero-order valence-corrected chi connectivity index (χ0v) is 12.5. The highest BCUT2D eigenvalue weighted by Gasteiger charge is 1.97. The van der Waals surface area contributed by atoms with Gasteiger partial charge in [-0.2, -0.15) is 0 Å². The summed E-state index contributed by atoms with van der Waals surface area (Å²) in [5.41, 5.74) is 1.23.